The van der Waals surface area contributed by atoms with Crippen LogP contribution in [0.2, 0.25) is 0 Å². The van der Waals surface area contributed by atoms with Gasteiger partial charge in [0, 0.05) is 34.7 Å². The molecule has 0 radical (unpaired) electrons. The Kier molecular flexibility index (Phi) is 6.52. The van der Waals surface area contributed by atoms with Gasteiger partial charge in [-0.2, -0.15) is 0 Å². The van der Waals surface area contributed by atoms with E-state index in [9.17, 15) is 0 Å². The molecule has 0 atom stereocenters. The second-order valence-corrected chi connectivity index (χ2v) is 5.29. The topological polar surface area (TPSA) is 22.1 Å². The van der Waals surface area contributed by atoms with Gasteiger partial charge in [0.05, 0.1) is 5.69 Å². The molecule has 0 saturated carbocycles. The van der Waals surface area contributed by atoms with E-state index >= 15 is 0 Å². The zero-order valence-corrected chi connectivity index (χ0v) is 13.7. The van der Waals surface area contributed by atoms with Gasteiger partial charge in [0.25, 0.3) is 0 Å². The smallest absolute Gasteiger partial charge is 0.200 e. The molecule has 0 fully saturated rings. The van der Waals surface area contributed by atoms with Gasteiger partial charge in [-0.1, -0.05) is 32.0 Å². The van der Waals surface area contributed by atoms with Crippen molar-refractivity contribution in [2.24, 2.45) is 4.99 Å². The first-order valence-electron chi connectivity index (χ1n) is 7.23. The van der Waals surface area contributed by atoms with Crippen molar-refractivity contribution in [1.82, 2.24) is 14.7 Å². The standard InChI is InChI=1S/C16H28N4/c1-7-20(8-2)13-14-11-9-10-12-15(14)17-16(18(3)4)19(5)6/h9-12H,7-8,13H2,1-6H3. The molecule has 4 nitrogen and oxygen atoms in total. The molecule has 0 unspecified atom stereocenters. The third kappa shape index (κ3) is 4.53. The third-order valence-electron chi connectivity index (χ3n) is 3.30. The van der Waals surface area contributed by atoms with Crippen molar-refractivity contribution in [3.05, 3.63) is 29.8 Å². The number of aliphatic imine (C=N–C) groups is 1. The summed E-state index contributed by atoms with van der Waals surface area (Å²) in [6.45, 7) is 7.45. The highest BCUT2D eigenvalue weighted by Crippen LogP contribution is 2.21. The highest BCUT2D eigenvalue weighted by atomic mass is 15.3. The fraction of sp³-hybridized carbons (Fsp3) is 0.562. The maximum Gasteiger partial charge on any atom is 0.200 e. The maximum atomic E-state index is 4.82. The van der Waals surface area contributed by atoms with E-state index in [1.165, 1.54) is 5.56 Å². The predicted molar refractivity (Wildman–Crippen MR) is 87.5 cm³/mol. The SMILES string of the molecule is CCN(CC)Cc1ccccc1N=C(N(C)C)N(C)C. The van der Waals surface area contributed by atoms with Crippen LogP contribution < -0.4 is 0 Å². The molecule has 1 rings (SSSR count). The molecule has 1 aromatic rings. The van der Waals surface area contributed by atoms with E-state index in [1.54, 1.807) is 0 Å². The molecule has 0 heterocycles. The van der Waals surface area contributed by atoms with E-state index < -0.39 is 0 Å². The van der Waals surface area contributed by atoms with Crippen molar-refractivity contribution in [1.29, 1.82) is 0 Å². The molecular formula is C16H28N4. The van der Waals surface area contributed by atoms with Gasteiger partial charge in [-0.15, -0.1) is 0 Å². The summed E-state index contributed by atoms with van der Waals surface area (Å²) in [6, 6.07) is 8.39. The van der Waals surface area contributed by atoms with E-state index in [1.807, 2.05) is 44.1 Å². The minimum Gasteiger partial charge on any atom is -0.349 e. The van der Waals surface area contributed by atoms with Crippen molar-refractivity contribution in [2.45, 2.75) is 20.4 Å². The molecule has 0 N–H and O–H groups in total. The van der Waals surface area contributed by atoms with E-state index in [0.29, 0.717) is 0 Å². The van der Waals surface area contributed by atoms with Crippen molar-refractivity contribution in [2.75, 3.05) is 41.3 Å². The fourth-order valence-electron chi connectivity index (χ4n) is 2.15. The number of hydrogen-bond donors (Lipinski definition) is 0. The lowest BCUT2D eigenvalue weighted by atomic mass is 10.1. The summed E-state index contributed by atoms with van der Waals surface area (Å²) in [4.78, 5) is 11.3. The first-order valence-corrected chi connectivity index (χ1v) is 7.23. The molecule has 0 aliphatic heterocycles. The zero-order valence-electron chi connectivity index (χ0n) is 13.7. The lowest BCUT2D eigenvalue weighted by molar-refractivity contribution is 0.296. The normalized spacial score (nSPS) is 10.6. The van der Waals surface area contributed by atoms with E-state index in [0.717, 1.165) is 31.3 Å². The summed E-state index contributed by atoms with van der Waals surface area (Å²) >= 11 is 0. The molecule has 1 aromatic carbocycles. The van der Waals surface area contributed by atoms with Gasteiger partial charge in [-0.3, -0.25) is 4.90 Å². The number of guanidine groups is 1. The Morgan fingerprint density at radius 3 is 2.00 bits per heavy atom. The van der Waals surface area contributed by atoms with Crippen molar-refractivity contribution < 1.29 is 0 Å². The molecule has 0 amide bonds. The van der Waals surface area contributed by atoms with Crippen LogP contribution in [0, 0.1) is 0 Å². The fourth-order valence-corrected chi connectivity index (χ4v) is 2.15. The minimum absolute atomic E-state index is 0.945. The molecule has 20 heavy (non-hydrogen) atoms. The quantitative estimate of drug-likeness (QED) is 0.610. The molecule has 112 valence electrons. The Morgan fingerprint density at radius 1 is 0.950 bits per heavy atom. The Balaban J connectivity index is 3.09. The van der Waals surface area contributed by atoms with Crippen molar-refractivity contribution in [3.8, 4) is 0 Å². The second kappa shape index (κ2) is 7.90. The predicted octanol–water partition coefficient (Wildman–Crippen LogP) is 2.64. The summed E-state index contributed by atoms with van der Waals surface area (Å²) in [5, 5.41) is 0. The zero-order chi connectivity index (χ0) is 15.1. The lowest BCUT2D eigenvalue weighted by Gasteiger charge is -2.24. The van der Waals surface area contributed by atoms with Gasteiger partial charge in [0.15, 0.2) is 0 Å². The lowest BCUT2D eigenvalue weighted by Crippen LogP contribution is -2.35. The summed E-state index contributed by atoms with van der Waals surface area (Å²) in [6.07, 6.45) is 0. The van der Waals surface area contributed by atoms with Crippen molar-refractivity contribution in [3.63, 3.8) is 0 Å². The van der Waals surface area contributed by atoms with Crippen LogP contribution in [-0.4, -0.2) is 61.9 Å². The van der Waals surface area contributed by atoms with E-state index in [2.05, 4.69) is 36.9 Å². The molecule has 0 bridgehead atoms. The second-order valence-electron chi connectivity index (χ2n) is 5.29. The number of benzene rings is 1. The highest BCUT2D eigenvalue weighted by Gasteiger charge is 2.09. The van der Waals surface area contributed by atoms with Crippen molar-refractivity contribution >= 4 is 11.6 Å². The monoisotopic (exact) mass is 276 g/mol. The van der Waals surface area contributed by atoms with Gasteiger partial charge in [0.2, 0.25) is 5.96 Å². The number of para-hydroxylation sites is 1. The van der Waals surface area contributed by atoms with Crippen LogP contribution in [0.25, 0.3) is 0 Å². The average molecular weight is 276 g/mol. The molecule has 0 spiro atoms. The van der Waals surface area contributed by atoms with Crippen LogP contribution in [-0.2, 0) is 6.54 Å². The maximum absolute atomic E-state index is 4.82. The molecule has 0 aliphatic carbocycles. The van der Waals surface area contributed by atoms with Crippen LogP contribution in [0.15, 0.2) is 29.3 Å². The number of nitrogens with zero attached hydrogens (tertiary/aromatic N) is 4. The Bertz CT molecular complexity index is 424. The number of hydrogen-bond acceptors (Lipinski definition) is 2. The summed E-state index contributed by atoms with van der Waals surface area (Å²) in [7, 11) is 8.08. The molecule has 0 aliphatic rings. The molecule has 0 saturated heterocycles. The Hall–Kier alpha value is -1.55. The Morgan fingerprint density at radius 2 is 1.50 bits per heavy atom. The largest absolute Gasteiger partial charge is 0.349 e. The Labute approximate surface area is 123 Å². The summed E-state index contributed by atoms with van der Waals surface area (Å²) in [5.74, 6) is 0.956. The van der Waals surface area contributed by atoms with E-state index in [-0.39, 0.29) is 0 Å². The third-order valence-corrected chi connectivity index (χ3v) is 3.30. The van der Waals surface area contributed by atoms with Crippen LogP contribution in [0.1, 0.15) is 19.4 Å². The van der Waals surface area contributed by atoms with Gasteiger partial charge in [-0.05, 0) is 24.7 Å². The summed E-state index contributed by atoms with van der Waals surface area (Å²) < 4.78 is 0. The highest BCUT2D eigenvalue weighted by molar-refractivity contribution is 5.82. The molecule has 4 heteroatoms. The molecule has 0 aromatic heterocycles. The summed E-state index contributed by atoms with van der Waals surface area (Å²) in [5.41, 5.74) is 2.33. The van der Waals surface area contributed by atoms with Gasteiger partial charge >= 0.3 is 0 Å². The first kappa shape index (κ1) is 16.5. The van der Waals surface area contributed by atoms with Crippen LogP contribution in [0.3, 0.4) is 0 Å². The van der Waals surface area contributed by atoms with E-state index in [4.69, 9.17) is 4.99 Å². The number of rotatable bonds is 5. The van der Waals surface area contributed by atoms with Crippen LogP contribution in [0.5, 0.6) is 0 Å². The van der Waals surface area contributed by atoms with Crippen LogP contribution in [0.4, 0.5) is 5.69 Å². The first-order chi connectivity index (χ1) is 9.49. The average Bonchev–Trinajstić information content (AvgIpc) is 2.42. The van der Waals surface area contributed by atoms with Gasteiger partial charge in [-0.25, -0.2) is 4.99 Å². The van der Waals surface area contributed by atoms with Crippen LogP contribution >= 0.6 is 0 Å². The van der Waals surface area contributed by atoms with Gasteiger partial charge in [0.1, 0.15) is 0 Å². The minimum atomic E-state index is 0.945. The molecular weight excluding hydrogens is 248 g/mol. The van der Waals surface area contributed by atoms with Gasteiger partial charge < -0.3 is 9.80 Å².